The summed E-state index contributed by atoms with van der Waals surface area (Å²) in [5, 5.41) is 18.7. The Morgan fingerprint density at radius 1 is 0.618 bits per heavy atom. The third-order valence-electron chi connectivity index (χ3n) is 4.82. The number of rotatable bonds is 0. The number of allylic oxidation sites excluding steroid dienone is 4. The summed E-state index contributed by atoms with van der Waals surface area (Å²) in [6, 6.07) is 18.4. The average molecular weight is 458 g/mol. The van der Waals surface area contributed by atoms with Gasteiger partial charge < -0.3 is 28.4 Å². The number of fused-ring (bicyclic) bond motifs is 4. The van der Waals surface area contributed by atoms with Crippen molar-refractivity contribution in [3.63, 3.8) is 0 Å². The van der Waals surface area contributed by atoms with E-state index in [-0.39, 0.29) is 18.8 Å². The van der Waals surface area contributed by atoms with Crippen LogP contribution in [-0.2, 0) is 9.47 Å². The van der Waals surface area contributed by atoms with Gasteiger partial charge in [-0.25, -0.2) is 0 Å². The molecule has 2 aromatic carbocycles. The summed E-state index contributed by atoms with van der Waals surface area (Å²) in [5.41, 5.74) is 0.391. The molecule has 0 atom stereocenters. The van der Waals surface area contributed by atoms with Crippen LogP contribution in [0.4, 0.5) is 0 Å². The van der Waals surface area contributed by atoms with E-state index in [0.29, 0.717) is 66.5 Å². The highest BCUT2D eigenvalue weighted by atomic mass is 16.6. The normalized spacial score (nSPS) is 16.2. The van der Waals surface area contributed by atoms with Gasteiger partial charge in [-0.3, -0.25) is 0 Å². The van der Waals surface area contributed by atoms with E-state index >= 15 is 0 Å². The Kier molecular flexibility index (Phi) is 7.68. The Bertz CT molecular complexity index is 1110. The minimum Gasteiger partial charge on any atom is -0.487 e. The maximum absolute atomic E-state index is 9.35. The van der Waals surface area contributed by atoms with Crippen molar-refractivity contribution >= 4 is 0 Å². The summed E-state index contributed by atoms with van der Waals surface area (Å²) in [6.45, 7) is 1.57. The molecule has 0 radical (unpaired) electrons. The van der Waals surface area contributed by atoms with Gasteiger partial charge in [-0.2, -0.15) is 10.5 Å². The van der Waals surface area contributed by atoms with Crippen LogP contribution in [0.5, 0.6) is 23.0 Å². The summed E-state index contributed by atoms with van der Waals surface area (Å²) in [7, 11) is 0. The van der Waals surface area contributed by atoms with Gasteiger partial charge in [0.1, 0.15) is 55.7 Å². The van der Waals surface area contributed by atoms with E-state index in [4.69, 9.17) is 28.4 Å². The number of nitrogens with zero attached hydrogens (tertiary/aromatic N) is 2. The molecule has 0 saturated heterocycles. The largest absolute Gasteiger partial charge is 0.487 e. The van der Waals surface area contributed by atoms with Crippen LogP contribution in [0.15, 0.2) is 83.3 Å². The highest BCUT2D eigenvalue weighted by molar-refractivity contribution is 5.52. The van der Waals surface area contributed by atoms with Crippen molar-refractivity contribution in [1.29, 1.82) is 10.5 Å². The van der Waals surface area contributed by atoms with E-state index in [1.54, 1.807) is 36.4 Å². The second kappa shape index (κ2) is 11.5. The molecule has 172 valence electrons. The van der Waals surface area contributed by atoms with Crippen molar-refractivity contribution in [2.75, 3.05) is 39.6 Å². The highest BCUT2D eigenvalue weighted by Gasteiger charge is 2.18. The van der Waals surface area contributed by atoms with Crippen molar-refractivity contribution in [2.24, 2.45) is 0 Å². The molecule has 0 unspecified atom stereocenters. The average Bonchev–Trinajstić information content (AvgIpc) is 2.87. The lowest BCUT2D eigenvalue weighted by Crippen LogP contribution is -2.15. The van der Waals surface area contributed by atoms with E-state index in [1.165, 1.54) is 0 Å². The molecule has 2 aliphatic rings. The molecular formula is C26H22N2O6. The van der Waals surface area contributed by atoms with E-state index in [9.17, 15) is 10.5 Å². The minimum atomic E-state index is -0.0343. The minimum absolute atomic E-state index is 0.0343. The van der Waals surface area contributed by atoms with Gasteiger partial charge in [0, 0.05) is 5.57 Å². The zero-order chi connectivity index (χ0) is 23.6. The molecule has 2 bridgehead atoms. The lowest BCUT2D eigenvalue weighted by atomic mass is 10.1. The molecule has 8 heteroatoms. The zero-order valence-corrected chi connectivity index (χ0v) is 18.4. The summed E-state index contributed by atoms with van der Waals surface area (Å²) < 4.78 is 35.0. The predicted molar refractivity (Wildman–Crippen MR) is 121 cm³/mol. The standard InChI is InChI=1S/C26H22N2O6/c27-15-20(16-28)19-13-21-17-32-25-7-3-1-5-23(25)30-11-9-29-10-12-31-24-6-2-4-8-26(24)33-18-22(14-19)34-21/h1-8,13-14H,9-12,17-18H2. The predicted octanol–water partition coefficient (Wildman–Crippen LogP) is 4.07. The maximum Gasteiger partial charge on any atom is 0.161 e. The quantitative estimate of drug-likeness (QED) is 0.544. The Hall–Kier alpha value is -4.40. The van der Waals surface area contributed by atoms with E-state index in [1.807, 2.05) is 36.4 Å². The van der Waals surface area contributed by atoms with Crippen LogP contribution >= 0.6 is 0 Å². The molecular weight excluding hydrogens is 436 g/mol. The molecule has 2 aromatic rings. The fourth-order valence-electron chi connectivity index (χ4n) is 3.25. The van der Waals surface area contributed by atoms with Crippen LogP contribution in [0, 0.1) is 22.7 Å². The van der Waals surface area contributed by atoms with Crippen LogP contribution < -0.4 is 18.9 Å². The molecule has 0 N–H and O–H groups in total. The Labute approximate surface area is 197 Å². The smallest absolute Gasteiger partial charge is 0.161 e. The number of hydrogen-bond acceptors (Lipinski definition) is 8. The van der Waals surface area contributed by atoms with Crippen molar-refractivity contribution in [3.8, 4) is 35.1 Å². The van der Waals surface area contributed by atoms with E-state index in [2.05, 4.69) is 0 Å². The fourth-order valence-corrected chi connectivity index (χ4v) is 3.25. The molecule has 2 aliphatic heterocycles. The molecule has 8 nitrogen and oxygen atoms in total. The number of ether oxygens (including phenoxy) is 6. The second-order valence-electron chi connectivity index (χ2n) is 7.16. The van der Waals surface area contributed by atoms with Crippen molar-refractivity contribution in [2.45, 2.75) is 0 Å². The number of benzene rings is 2. The summed E-state index contributed by atoms with van der Waals surface area (Å²) in [5.74, 6) is 3.04. The van der Waals surface area contributed by atoms with Crippen LogP contribution in [0.1, 0.15) is 0 Å². The van der Waals surface area contributed by atoms with Crippen molar-refractivity contribution in [3.05, 3.63) is 83.3 Å². The first-order chi connectivity index (χ1) is 16.8. The van der Waals surface area contributed by atoms with Crippen molar-refractivity contribution < 1.29 is 28.4 Å². The third-order valence-corrected chi connectivity index (χ3v) is 4.82. The first kappa shape index (κ1) is 22.8. The lowest BCUT2D eigenvalue weighted by molar-refractivity contribution is 0.0740. The molecule has 0 fully saturated rings. The fraction of sp³-hybridized carbons (Fsp3) is 0.231. The first-order valence-corrected chi connectivity index (χ1v) is 10.7. The molecule has 0 aliphatic carbocycles. The van der Waals surface area contributed by atoms with Gasteiger partial charge >= 0.3 is 0 Å². The molecule has 34 heavy (non-hydrogen) atoms. The molecule has 0 saturated carbocycles. The summed E-state index contributed by atoms with van der Waals surface area (Å²) in [4.78, 5) is 0. The highest BCUT2D eigenvalue weighted by Crippen LogP contribution is 2.30. The van der Waals surface area contributed by atoms with Gasteiger partial charge in [-0.1, -0.05) is 24.3 Å². The van der Waals surface area contributed by atoms with Crippen LogP contribution in [0.25, 0.3) is 0 Å². The van der Waals surface area contributed by atoms with Gasteiger partial charge in [0.25, 0.3) is 0 Å². The van der Waals surface area contributed by atoms with E-state index in [0.717, 1.165) is 0 Å². The Morgan fingerprint density at radius 3 is 1.50 bits per heavy atom. The van der Waals surface area contributed by atoms with Crippen molar-refractivity contribution in [1.82, 2.24) is 0 Å². The van der Waals surface area contributed by atoms with Crippen LogP contribution in [0.3, 0.4) is 0 Å². The molecule has 2 heterocycles. The molecule has 0 amide bonds. The van der Waals surface area contributed by atoms with Gasteiger partial charge in [-0.15, -0.1) is 0 Å². The van der Waals surface area contributed by atoms with E-state index < -0.39 is 0 Å². The summed E-state index contributed by atoms with van der Waals surface area (Å²) >= 11 is 0. The Balaban J connectivity index is 1.62. The van der Waals surface area contributed by atoms with Gasteiger partial charge in [0.05, 0.1) is 13.2 Å². The SMILES string of the molecule is N#CC(C#N)=C1C=C2COc3ccccc3OCCOCCOc3ccccc3OCC(=C1)O2. The molecule has 0 aromatic heterocycles. The first-order valence-electron chi connectivity index (χ1n) is 10.7. The third kappa shape index (κ3) is 5.89. The van der Waals surface area contributed by atoms with Crippen LogP contribution in [-0.4, -0.2) is 39.6 Å². The maximum atomic E-state index is 9.35. The molecule has 0 spiro atoms. The van der Waals surface area contributed by atoms with Gasteiger partial charge in [0.15, 0.2) is 23.0 Å². The summed E-state index contributed by atoms with van der Waals surface area (Å²) in [6.07, 6.45) is 3.22. The van der Waals surface area contributed by atoms with Gasteiger partial charge in [0.2, 0.25) is 0 Å². The number of nitriles is 2. The second-order valence-corrected chi connectivity index (χ2v) is 7.16. The zero-order valence-electron chi connectivity index (χ0n) is 18.4. The number of hydrogen-bond donors (Lipinski definition) is 0. The molecule has 4 rings (SSSR count). The number of para-hydroxylation sites is 4. The monoisotopic (exact) mass is 458 g/mol. The van der Waals surface area contributed by atoms with Gasteiger partial charge in [-0.05, 0) is 36.4 Å². The lowest BCUT2D eigenvalue weighted by Gasteiger charge is -2.21. The Morgan fingerprint density at radius 2 is 1.06 bits per heavy atom. The van der Waals surface area contributed by atoms with Crippen LogP contribution in [0.2, 0.25) is 0 Å². The topological polar surface area (TPSA) is 103 Å².